The molecule has 0 bridgehead atoms. The Labute approximate surface area is 235 Å². The second-order valence-corrected chi connectivity index (χ2v) is 14.6. The molecule has 0 unspecified atom stereocenters. The van der Waals surface area contributed by atoms with Gasteiger partial charge in [-0.2, -0.15) is 0 Å². The lowest BCUT2D eigenvalue weighted by Gasteiger charge is -2.43. The van der Waals surface area contributed by atoms with Gasteiger partial charge >= 0.3 is 0 Å². The van der Waals surface area contributed by atoms with Crippen LogP contribution in [0.1, 0.15) is 139 Å². The van der Waals surface area contributed by atoms with Crippen LogP contribution in [0.25, 0.3) is 0 Å². The summed E-state index contributed by atoms with van der Waals surface area (Å²) in [5.74, 6) is 1.16. The van der Waals surface area contributed by atoms with Crippen molar-refractivity contribution in [2.24, 2.45) is 0 Å². The van der Waals surface area contributed by atoms with E-state index in [1.807, 2.05) is 0 Å². The van der Waals surface area contributed by atoms with E-state index in [0.29, 0.717) is 13.2 Å². The van der Waals surface area contributed by atoms with Crippen molar-refractivity contribution in [2.75, 3.05) is 0 Å². The predicted octanol–water partition coefficient (Wildman–Crippen LogP) is 9.01. The molecule has 212 valence electrons. The van der Waals surface area contributed by atoms with Crippen LogP contribution in [-0.2, 0) is 39.9 Å². The van der Waals surface area contributed by atoms with Crippen LogP contribution in [0.4, 0.5) is 0 Å². The van der Waals surface area contributed by atoms with E-state index in [1.54, 1.807) is 0 Å². The van der Waals surface area contributed by atoms with E-state index in [-0.39, 0.29) is 10.8 Å². The molecule has 0 amide bonds. The third-order valence-electron chi connectivity index (χ3n) is 9.39. The maximum atomic E-state index is 6.90. The molecule has 4 aliphatic rings. The molecule has 0 radical (unpaired) electrons. The molecule has 0 atom stereocenters. The van der Waals surface area contributed by atoms with E-state index in [2.05, 4.69) is 65.8 Å². The highest BCUT2D eigenvalue weighted by molar-refractivity contribution is 5.54. The Kier molecular flexibility index (Phi) is 6.82. The minimum absolute atomic E-state index is 0.0347. The summed E-state index contributed by atoms with van der Waals surface area (Å²) in [7, 11) is 0. The lowest BCUT2D eigenvalue weighted by molar-refractivity contribution is -0.222. The van der Waals surface area contributed by atoms with Crippen molar-refractivity contribution in [1.29, 1.82) is 0 Å². The highest BCUT2D eigenvalue weighted by Gasteiger charge is 2.42. The Balaban J connectivity index is 1.45. The van der Waals surface area contributed by atoms with Gasteiger partial charge in [0.1, 0.15) is 11.5 Å². The van der Waals surface area contributed by atoms with E-state index < -0.39 is 11.6 Å². The van der Waals surface area contributed by atoms with Crippen LogP contribution >= 0.6 is 0 Å². The Morgan fingerprint density at radius 3 is 1.31 bits per heavy atom. The first-order valence-corrected chi connectivity index (χ1v) is 15.4. The smallest absolute Gasteiger partial charge is 0.210 e. The highest BCUT2D eigenvalue weighted by atomic mass is 16.7. The van der Waals surface area contributed by atoms with Crippen molar-refractivity contribution < 1.29 is 18.9 Å². The minimum atomic E-state index is -0.466. The van der Waals surface area contributed by atoms with E-state index >= 15 is 0 Å². The summed E-state index contributed by atoms with van der Waals surface area (Å²) in [4.78, 5) is 0. The fourth-order valence-electron chi connectivity index (χ4n) is 6.84. The molecule has 2 fully saturated rings. The van der Waals surface area contributed by atoms with Crippen molar-refractivity contribution in [3.63, 3.8) is 0 Å². The Bertz CT molecular complexity index is 1120. The second-order valence-electron chi connectivity index (χ2n) is 14.6. The number of hydrogen-bond donors (Lipinski definition) is 0. The number of ether oxygens (including phenoxy) is 4. The highest BCUT2D eigenvalue weighted by Crippen LogP contribution is 2.47. The third kappa shape index (κ3) is 5.36. The van der Waals surface area contributed by atoms with Gasteiger partial charge in [0, 0.05) is 43.2 Å². The van der Waals surface area contributed by atoms with Crippen LogP contribution in [0.5, 0.6) is 11.5 Å². The van der Waals surface area contributed by atoms with Crippen LogP contribution in [-0.4, -0.2) is 11.6 Å². The number of hydrogen-bond acceptors (Lipinski definition) is 4. The predicted molar refractivity (Wildman–Crippen MR) is 156 cm³/mol. The molecule has 0 aromatic heterocycles. The van der Waals surface area contributed by atoms with Crippen molar-refractivity contribution in [3.8, 4) is 11.5 Å². The maximum absolute atomic E-state index is 6.90. The molecule has 2 saturated carbocycles. The van der Waals surface area contributed by atoms with E-state index in [9.17, 15) is 0 Å². The topological polar surface area (TPSA) is 36.9 Å². The minimum Gasteiger partial charge on any atom is -0.462 e. The molecule has 0 N–H and O–H groups in total. The zero-order valence-corrected chi connectivity index (χ0v) is 25.1. The van der Waals surface area contributed by atoms with Crippen LogP contribution in [0, 0.1) is 0 Å². The molecule has 39 heavy (non-hydrogen) atoms. The van der Waals surface area contributed by atoms with E-state index in [4.69, 9.17) is 18.9 Å². The zero-order chi connectivity index (χ0) is 27.5. The number of fused-ring (bicyclic) bond motifs is 2. The summed E-state index contributed by atoms with van der Waals surface area (Å²) >= 11 is 0. The molecule has 4 nitrogen and oxygen atoms in total. The average molecular weight is 533 g/mol. The van der Waals surface area contributed by atoms with Gasteiger partial charge in [0.05, 0.1) is 13.2 Å². The summed E-state index contributed by atoms with van der Waals surface area (Å²) < 4.78 is 26.7. The quantitative estimate of drug-likeness (QED) is 0.387. The van der Waals surface area contributed by atoms with Gasteiger partial charge in [-0.15, -0.1) is 0 Å². The lowest BCUT2D eigenvalue weighted by Crippen LogP contribution is -2.44. The number of benzene rings is 2. The molecule has 2 spiro atoms. The molecule has 2 aromatic carbocycles. The van der Waals surface area contributed by atoms with Gasteiger partial charge in [-0.25, -0.2) is 0 Å². The van der Waals surface area contributed by atoms with Crippen LogP contribution in [0.3, 0.4) is 0 Å². The summed E-state index contributed by atoms with van der Waals surface area (Å²) in [5, 5.41) is 0. The van der Waals surface area contributed by atoms with Gasteiger partial charge in [-0.05, 0) is 70.9 Å². The van der Waals surface area contributed by atoms with Gasteiger partial charge in [-0.1, -0.05) is 66.5 Å². The summed E-state index contributed by atoms with van der Waals surface area (Å²) in [6.07, 6.45) is 11.9. The van der Waals surface area contributed by atoms with Gasteiger partial charge in [-0.3, -0.25) is 0 Å². The summed E-state index contributed by atoms with van der Waals surface area (Å²) in [5.41, 5.74) is 7.61. The molecule has 2 aromatic rings. The molecule has 2 heterocycles. The second kappa shape index (κ2) is 9.80. The van der Waals surface area contributed by atoms with Crippen LogP contribution in [0.15, 0.2) is 24.3 Å². The fraction of sp³-hybridized carbons (Fsp3) is 0.657. The standard InChI is InChI=1S/C35H48O4/c1-32(2,3)28-18-24(30-26(20-28)22-36-34(38-30)13-9-7-10-14-34)17-25-19-29(33(4,5)6)21-27-23-37-35(39-31(25)27)15-11-8-12-16-35/h18-21H,7-17,22-23H2,1-6H3. The van der Waals surface area contributed by atoms with Crippen molar-refractivity contribution in [1.82, 2.24) is 0 Å². The monoisotopic (exact) mass is 532 g/mol. The molecule has 0 saturated heterocycles. The molecular weight excluding hydrogens is 484 g/mol. The van der Waals surface area contributed by atoms with Crippen molar-refractivity contribution in [3.05, 3.63) is 57.6 Å². The van der Waals surface area contributed by atoms with Crippen LogP contribution in [0.2, 0.25) is 0 Å². The normalized spacial score (nSPS) is 22.1. The average Bonchev–Trinajstić information content (AvgIpc) is 2.89. The maximum Gasteiger partial charge on any atom is 0.210 e. The SMILES string of the molecule is CC(C)(C)c1cc2c(c(Cc3cc(C(C)(C)C)cc4c3OC3(CCCCC3)OC4)c1)OC1(CCCCC1)OC2. The zero-order valence-electron chi connectivity index (χ0n) is 25.1. The first-order chi connectivity index (χ1) is 18.5. The largest absolute Gasteiger partial charge is 0.462 e. The summed E-state index contributed by atoms with van der Waals surface area (Å²) in [6.45, 7) is 15.0. The summed E-state index contributed by atoms with van der Waals surface area (Å²) in [6, 6.07) is 9.42. The molecular formula is C35H48O4. The Morgan fingerprint density at radius 2 is 0.949 bits per heavy atom. The van der Waals surface area contributed by atoms with Gasteiger partial charge in [0.15, 0.2) is 0 Å². The molecule has 4 heteroatoms. The van der Waals surface area contributed by atoms with Crippen LogP contribution < -0.4 is 9.47 Å². The van der Waals surface area contributed by atoms with E-state index in [1.165, 1.54) is 71.9 Å². The first-order valence-electron chi connectivity index (χ1n) is 15.4. The Morgan fingerprint density at radius 1 is 0.564 bits per heavy atom. The van der Waals surface area contributed by atoms with Gasteiger partial charge < -0.3 is 18.9 Å². The Hall–Kier alpha value is -2.04. The fourth-order valence-corrected chi connectivity index (χ4v) is 6.84. The first kappa shape index (κ1) is 27.1. The number of rotatable bonds is 2. The van der Waals surface area contributed by atoms with Crippen molar-refractivity contribution >= 4 is 0 Å². The van der Waals surface area contributed by atoms with Gasteiger partial charge in [0.25, 0.3) is 0 Å². The van der Waals surface area contributed by atoms with E-state index in [0.717, 1.165) is 43.6 Å². The third-order valence-corrected chi connectivity index (χ3v) is 9.39. The molecule has 6 rings (SSSR count). The lowest BCUT2D eigenvalue weighted by atomic mass is 9.81. The van der Waals surface area contributed by atoms with Gasteiger partial charge in [0.2, 0.25) is 11.6 Å². The molecule has 2 aliphatic carbocycles. The molecule has 2 aliphatic heterocycles. The van der Waals surface area contributed by atoms with Crippen molar-refractivity contribution in [2.45, 2.75) is 148 Å².